The van der Waals surface area contributed by atoms with Crippen molar-refractivity contribution in [2.75, 3.05) is 6.54 Å². The van der Waals surface area contributed by atoms with Crippen LogP contribution in [-0.4, -0.2) is 16.8 Å². The zero-order valence-electron chi connectivity index (χ0n) is 9.40. The van der Waals surface area contributed by atoms with Crippen molar-refractivity contribution < 1.29 is 0 Å². The van der Waals surface area contributed by atoms with Gasteiger partial charge in [-0.1, -0.05) is 30.3 Å². The maximum absolute atomic E-state index is 5.24. The van der Waals surface area contributed by atoms with E-state index in [9.17, 15) is 0 Å². The molecule has 92 valence electrons. The van der Waals surface area contributed by atoms with E-state index in [2.05, 4.69) is 40.5 Å². The second-order valence-corrected chi connectivity index (χ2v) is 4.31. The molecule has 0 radical (unpaired) electrons. The first-order chi connectivity index (χ1) is 8.18. The van der Waals surface area contributed by atoms with E-state index in [0.717, 1.165) is 19.4 Å². The van der Waals surface area contributed by atoms with Gasteiger partial charge < -0.3 is 11.1 Å². The summed E-state index contributed by atoms with van der Waals surface area (Å²) >= 11 is 9.63. The van der Waals surface area contributed by atoms with E-state index in [1.54, 1.807) is 0 Å². The van der Waals surface area contributed by atoms with E-state index >= 15 is 0 Å². The zero-order valence-corrected chi connectivity index (χ0v) is 11.0. The Morgan fingerprint density at radius 2 is 1.82 bits per heavy atom. The summed E-state index contributed by atoms with van der Waals surface area (Å²) in [6.45, 7) is 0.805. The number of thiocarbonyl (C=S) groups is 2. The number of aryl methyl sites for hydroxylation is 1. The maximum Gasteiger partial charge on any atom is 0.185 e. The molecule has 0 fully saturated rings. The van der Waals surface area contributed by atoms with Crippen molar-refractivity contribution in [3.8, 4) is 0 Å². The van der Waals surface area contributed by atoms with Gasteiger partial charge in [-0.15, -0.1) is 0 Å². The molecule has 1 rings (SSSR count). The monoisotopic (exact) mass is 268 g/mol. The molecule has 1 aromatic rings. The van der Waals surface area contributed by atoms with Gasteiger partial charge in [0.2, 0.25) is 0 Å². The molecule has 0 spiro atoms. The molecule has 17 heavy (non-hydrogen) atoms. The number of rotatable bonds is 4. The Morgan fingerprint density at radius 1 is 1.12 bits per heavy atom. The van der Waals surface area contributed by atoms with Gasteiger partial charge in [0.1, 0.15) is 0 Å². The quantitative estimate of drug-likeness (QED) is 0.369. The van der Waals surface area contributed by atoms with E-state index < -0.39 is 0 Å². The summed E-state index contributed by atoms with van der Waals surface area (Å²) in [6, 6.07) is 10.3. The van der Waals surface area contributed by atoms with Gasteiger partial charge in [-0.2, -0.15) is 0 Å². The number of hydrogen-bond donors (Lipinski definition) is 4. The standard InChI is InChI=1S/C11H16N4S2/c12-10(16)14-15-11(17)13-8-4-7-9-5-2-1-3-6-9/h1-3,5-6H,4,7-8H2,(H3,12,14,16)(H2,13,15,17). The molecule has 0 unspecified atom stereocenters. The molecule has 0 bridgehead atoms. The predicted octanol–water partition coefficient (Wildman–Crippen LogP) is 0.832. The van der Waals surface area contributed by atoms with E-state index in [1.165, 1.54) is 5.56 Å². The van der Waals surface area contributed by atoms with Gasteiger partial charge >= 0.3 is 0 Å². The van der Waals surface area contributed by atoms with Gasteiger partial charge in [0.25, 0.3) is 0 Å². The minimum atomic E-state index is 0.165. The summed E-state index contributed by atoms with van der Waals surface area (Å²) in [7, 11) is 0. The molecule has 0 aliphatic rings. The van der Waals surface area contributed by atoms with Gasteiger partial charge in [0, 0.05) is 6.54 Å². The Hall–Kier alpha value is -1.40. The average Bonchev–Trinajstić information content (AvgIpc) is 2.33. The molecular formula is C11H16N4S2. The highest BCUT2D eigenvalue weighted by Gasteiger charge is 1.95. The first-order valence-corrected chi connectivity index (χ1v) is 6.13. The molecule has 6 heteroatoms. The molecule has 1 aromatic carbocycles. The Morgan fingerprint density at radius 3 is 2.47 bits per heavy atom. The second-order valence-electron chi connectivity index (χ2n) is 3.46. The van der Waals surface area contributed by atoms with Crippen molar-refractivity contribution in [3.05, 3.63) is 35.9 Å². The maximum atomic E-state index is 5.24. The lowest BCUT2D eigenvalue weighted by atomic mass is 10.1. The largest absolute Gasteiger partial charge is 0.375 e. The normalized spacial score (nSPS) is 9.41. The SMILES string of the molecule is NC(=S)NNC(=S)NCCCc1ccccc1. The van der Waals surface area contributed by atoms with Crippen LogP contribution in [0.5, 0.6) is 0 Å². The van der Waals surface area contributed by atoms with Crippen LogP contribution >= 0.6 is 24.4 Å². The van der Waals surface area contributed by atoms with E-state index in [0.29, 0.717) is 5.11 Å². The smallest absolute Gasteiger partial charge is 0.185 e. The van der Waals surface area contributed by atoms with Crippen LogP contribution in [0.3, 0.4) is 0 Å². The number of benzene rings is 1. The summed E-state index contributed by atoms with van der Waals surface area (Å²) in [5.41, 5.74) is 11.8. The summed E-state index contributed by atoms with van der Waals surface area (Å²) in [4.78, 5) is 0. The molecule has 0 saturated heterocycles. The highest BCUT2D eigenvalue weighted by Crippen LogP contribution is 2.01. The van der Waals surface area contributed by atoms with Gasteiger partial charge in [-0.05, 0) is 42.8 Å². The van der Waals surface area contributed by atoms with Crippen molar-refractivity contribution in [2.45, 2.75) is 12.8 Å². The lowest BCUT2D eigenvalue weighted by Crippen LogP contribution is -2.48. The third-order valence-corrected chi connectivity index (χ3v) is 2.42. The Bertz CT molecular complexity index is 367. The molecule has 0 atom stereocenters. The lowest BCUT2D eigenvalue weighted by Gasteiger charge is -2.10. The number of hydrazine groups is 1. The Balaban J connectivity index is 2.08. The Labute approximate surface area is 112 Å². The number of hydrogen-bond acceptors (Lipinski definition) is 2. The molecule has 0 amide bonds. The fourth-order valence-electron chi connectivity index (χ4n) is 1.30. The molecule has 0 heterocycles. The summed E-state index contributed by atoms with van der Waals surface area (Å²) < 4.78 is 0. The molecule has 0 aromatic heterocycles. The summed E-state index contributed by atoms with van der Waals surface area (Å²) in [5, 5.41) is 3.71. The zero-order chi connectivity index (χ0) is 12.5. The third-order valence-electron chi connectivity index (χ3n) is 2.07. The summed E-state index contributed by atoms with van der Waals surface area (Å²) in [5.74, 6) is 0. The van der Waals surface area contributed by atoms with Crippen LogP contribution in [0.4, 0.5) is 0 Å². The highest BCUT2D eigenvalue weighted by molar-refractivity contribution is 7.80. The van der Waals surface area contributed by atoms with Crippen molar-refractivity contribution in [1.29, 1.82) is 0 Å². The number of nitrogens with one attached hydrogen (secondary N) is 3. The van der Waals surface area contributed by atoms with E-state index in [-0.39, 0.29) is 5.11 Å². The fourth-order valence-corrected chi connectivity index (χ4v) is 1.51. The van der Waals surface area contributed by atoms with Gasteiger partial charge in [-0.25, -0.2) is 0 Å². The predicted molar refractivity (Wildman–Crippen MR) is 78.4 cm³/mol. The van der Waals surface area contributed by atoms with Crippen LogP contribution in [0.2, 0.25) is 0 Å². The first-order valence-electron chi connectivity index (χ1n) is 5.31. The molecule has 0 aliphatic heterocycles. The van der Waals surface area contributed by atoms with E-state index in [4.69, 9.17) is 18.0 Å². The van der Waals surface area contributed by atoms with Gasteiger partial charge in [0.05, 0.1) is 0 Å². The highest BCUT2D eigenvalue weighted by atomic mass is 32.1. The lowest BCUT2D eigenvalue weighted by molar-refractivity contribution is 0.745. The first kappa shape index (κ1) is 13.7. The molecule has 0 aliphatic carbocycles. The fraction of sp³-hybridized carbons (Fsp3) is 0.273. The van der Waals surface area contributed by atoms with Crippen LogP contribution in [0.25, 0.3) is 0 Å². The topological polar surface area (TPSA) is 62.1 Å². The van der Waals surface area contributed by atoms with Crippen LogP contribution in [0.15, 0.2) is 30.3 Å². The van der Waals surface area contributed by atoms with Crippen LogP contribution in [0, 0.1) is 0 Å². The minimum absolute atomic E-state index is 0.165. The van der Waals surface area contributed by atoms with Crippen molar-refractivity contribution in [3.63, 3.8) is 0 Å². The Kier molecular flexibility index (Phi) is 6.27. The van der Waals surface area contributed by atoms with Gasteiger partial charge in [-0.3, -0.25) is 10.9 Å². The average molecular weight is 268 g/mol. The molecule has 5 N–H and O–H groups in total. The summed E-state index contributed by atoms with van der Waals surface area (Å²) in [6.07, 6.45) is 2.04. The number of nitrogens with two attached hydrogens (primary N) is 1. The van der Waals surface area contributed by atoms with Crippen LogP contribution < -0.4 is 21.9 Å². The molecule has 4 nitrogen and oxygen atoms in total. The van der Waals surface area contributed by atoms with E-state index in [1.807, 2.05) is 18.2 Å². The van der Waals surface area contributed by atoms with Crippen LogP contribution in [0.1, 0.15) is 12.0 Å². The molecular weight excluding hydrogens is 252 g/mol. The second kappa shape index (κ2) is 7.81. The minimum Gasteiger partial charge on any atom is -0.375 e. The third kappa shape index (κ3) is 6.70. The van der Waals surface area contributed by atoms with Crippen LogP contribution in [-0.2, 0) is 6.42 Å². The van der Waals surface area contributed by atoms with Crippen molar-refractivity contribution >= 4 is 34.7 Å². The van der Waals surface area contributed by atoms with Crippen molar-refractivity contribution in [1.82, 2.24) is 16.2 Å². The molecule has 0 saturated carbocycles. The van der Waals surface area contributed by atoms with Gasteiger partial charge in [0.15, 0.2) is 10.2 Å². The van der Waals surface area contributed by atoms with Crippen molar-refractivity contribution in [2.24, 2.45) is 5.73 Å².